The first-order valence-corrected chi connectivity index (χ1v) is 5.86. The van der Waals surface area contributed by atoms with Crippen molar-refractivity contribution in [3.05, 3.63) is 29.8 Å². The second kappa shape index (κ2) is 4.78. The Bertz CT molecular complexity index is 458. The fraction of sp³-hybridized carbons (Fsp3) is 0.385. The molecule has 0 spiro atoms. The van der Waals surface area contributed by atoms with E-state index in [2.05, 4.69) is 5.32 Å². The highest BCUT2D eigenvalue weighted by Crippen LogP contribution is 2.31. The van der Waals surface area contributed by atoms with Gasteiger partial charge in [-0.2, -0.15) is 0 Å². The first kappa shape index (κ1) is 12.6. The molecule has 0 saturated carbocycles. The van der Waals surface area contributed by atoms with Crippen molar-refractivity contribution in [2.75, 3.05) is 18.9 Å². The van der Waals surface area contributed by atoms with E-state index < -0.39 is 11.3 Å². The van der Waals surface area contributed by atoms with E-state index in [1.807, 2.05) is 6.92 Å². The van der Waals surface area contributed by atoms with Crippen LogP contribution in [0.1, 0.15) is 23.7 Å². The van der Waals surface area contributed by atoms with Gasteiger partial charge in [0.05, 0.1) is 18.6 Å². The number of rotatable bonds is 3. The molecule has 1 heterocycles. The molecule has 1 fully saturated rings. The Balaban J connectivity index is 2.03. The van der Waals surface area contributed by atoms with Crippen molar-refractivity contribution in [1.82, 2.24) is 5.32 Å². The molecule has 1 aliphatic rings. The number of imide groups is 1. The van der Waals surface area contributed by atoms with E-state index in [1.54, 1.807) is 24.3 Å². The molecule has 96 valence electrons. The van der Waals surface area contributed by atoms with Gasteiger partial charge in [0.15, 0.2) is 0 Å². The minimum Gasteiger partial charge on any atom is -0.399 e. The lowest BCUT2D eigenvalue weighted by molar-refractivity contribution is -0.161. The van der Waals surface area contributed by atoms with Gasteiger partial charge in [-0.1, -0.05) is 6.92 Å². The molecule has 0 bridgehead atoms. The van der Waals surface area contributed by atoms with E-state index >= 15 is 0 Å². The zero-order valence-electron chi connectivity index (χ0n) is 10.2. The Kier molecular flexibility index (Phi) is 3.34. The highest BCUT2D eigenvalue weighted by Gasteiger charge is 2.44. The second-order valence-corrected chi connectivity index (χ2v) is 4.53. The summed E-state index contributed by atoms with van der Waals surface area (Å²) in [7, 11) is 0. The summed E-state index contributed by atoms with van der Waals surface area (Å²) in [6.45, 7) is 2.67. The molecular formula is C13H16N2O3. The molecule has 1 aromatic carbocycles. The molecule has 1 aromatic rings. The molecule has 0 atom stereocenters. The lowest BCUT2D eigenvalue weighted by atomic mass is 9.82. The van der Waals surface area contributed by atoms with E-state index in [0.717, 1.165) is 0 Å². The lowest BCUT2D eigenvalue weighted by Gasteiger charge is -2.38. The predicted molar refractivity (Wildman–Crippen MR) is 66.9 cm³/mol. The zero-order valence-corrected chi connectivity index (χ0v) is 10.2. The first-order chi connectivity index (χ1) is 8.57. The van der Waals surface area contributed by atoms with Crippen molar-refractivity contribution in [1.29, 1.82) is 0 Å². The van der Waals surface area contributed by atoms with Gasteiger partial charge in [0.25, 0.3) is 5.91 Å². The smallest absolute Gasteiger partial charge is 0.257 e. The van der Waals surface area contributed by atoms with Gasteiger partial charge in [0.2, 0.25) is 5.91 Å². The number of nitrogens with two attached hydrogens (primary N) is 1. The number of nitrogen functional groups attached to an aromatic ring is 1. The molecule has 0 aliphatic carbocycles. The number of nitrogens with one attached hydrogen (secondary N) is 1. The van der Waals surface area contributed by atoms with Crippen molar-refractivity contribution < 1.29 is 14.3 Å². The van der Waals surface area contributed by atoms with Crippen LogP contribution < -0.4 is 11.1 Å². The van der Waals surface area contributed by atoms with Crippen molar-refractivity contribution >= 4 is 17.5 Å². The number of anilines is 1. The Morgan fingerprint density at radius 3 is 2.39 bits per heavy atom. The predicted octanol–water partition coefficient (Wildman–Crippen LogP) is 0.952. The topological polar surface area (TPSA) is 81.4 Å². The number of ether oxygens (including phenoxy) is 1. The third kappa shape index (κ3) is 2.22. The monoisotopic (exact) mass is 248 g/mol. The molecule has 1 saturated heterocycles. The lowest BCUT2D eigenvalue weighted by Crippen LogP contribution is -2.54. The van der Waals surface area contributed by atoms with Gasteiger partial charge in [-0.3, -0.25) is 14.9 Å². The molecular weight excluding hydrogens is 232 g/mol. The molecule has 2 rings (SSSR count). The normalized spacial score (nSPS) is 16.7. The minimum atomic E-state index is -0.538. The molecule has 1 aliphatic heterocycles. The third-order valence-corrected chi connectivity index (χ3v) is 3.32. The maximum absolute atomic E-state index is 12.0. The number of benzene rings is 1. The Labute approximate surface area is 105 Å². The summed E-state index contributed by atoms with van der Waals surface area (Å²) in [6.07, 6.45) is 0.661. The van der Waals surface area contributed by atoms with Gasteiger partial charge in [0.1, 0.15) is 0 Å². The summed E-state index contributed by atoms with van der Waals surface area (Å²) in [5, 5.41) is 2.41. The van der Waals surface area contributed by atoms with Crippen LogP contribution in [-0.2, 0) is 9.53 Å². The fourth-order valence-corrected chi connectivity index (χ4v) is 1.79. The number of amides is 2. The van der Waals surface area contributed by atoms with Gasteiger partial charge in [-0.15, -0.1) is 0 Å². The quantitative estimate of drug-likeness (QED) is 0.616. The third-order valence-electron chi connectivity index (χ3n) is 3.32. The van der Waals surface area contributed by atoms with Crippen molar-refractivity contribution in [3.8, 4) is 0 Å². The molecule has 0 unspecified atom stereocenters. The molecule has 2 amide bonds. The molecule has 5 heteroatoms. The van der Waals surface area contributed by atoms with E-state index in [0.29, 0.717) is 30.9 Å². The highest BCUT2D eigenvalue weighted by molar-refractivity contribution is 6.06. The fourth-order valence-electron chi connectivity index (χ4n) is 1.79. The molecule has 0 radical (unpaired) electrons. The number of hydrogen-bond donors (Lipinski definition) is 2. The van der Waals surface area contributed by atoms with E-state index in [4.69, 9.17) is 10.5 Å². The Morgan fingerprint density at radius 1 is 1.33 bits per heavy atom. The molecule has 0 aromatic heterocycles. The van der Waals surface area contributed by atoms with E-state index in [-0.39, 0.29) is 5.91 Å². The van der Waals surface area contributed by atoms with Gasteiger partial charge >= 0.3 is 0 Å². The summed E-state index contributed by atoms with van der Waals surface area (Å²) >= 11 is 0. The molecule has 18 heavy (non-hydrogen) atoms. The van der Waals surface area contributed by atoms with Crippen molar-refractivity contribution in [3.63, 3.8) is 0 Å². The van der Waals surface area contributed by atoms with Crippen LogP contribution in [0.2, 0.25) is 0 Å². The van der Waals surface area contributed by atoms with Crippen LogP contribution in [-0.4, -0.2) is 25.0 Å². The first-order valence-electron chi connectivity index (χ1n) is 5.86. The average Bonchev–Trinajstić information content (AvgIpc) is 2.29. The second-order valence-electron chi connectivity index (χ2n) is 4.53. The van der Waals surface area contributed by atoms with Crippen LogP contribution >= 0.6 is 0 Å². The molecule has 3 N–H and O–H groups in total. The molecule has 5 nitrogen and oxygen atoms in total. The van der Waals surface area contributed by atoms with Crippen LogP contribution in [0.4, 0.5) is 5.69 Å². The zero-order chi connectivity index (χ0) is 13.2. The number of carbonyl (C=O) groups excluding carboxylic acids is 2. The maximum Gasteiger partial charge on any atom is 0.257 e. The summed E-state index contributed by atoms with van der Waals surface area (Å²) in [5.41, 5.74) is 6.00. The van der Waals surface area contributed by atoms with Gasteiger partial charge < -0.3 is 10.5 Å². The van der Waals surface area contributed by atoms with Gasteiger partial charge in [-0.05, 0) is 30.7 Å². The summed E-state index contributed by atoms with van der Waals surface area (Å²) < 4.78 is 5.06. The summed E-state index contributed by atoms with van der Waals surface area (Å²) in [4.78, 5) is 23.8. The van der Waals surface area contributed by atoms with Crippen LogP contribution in [0, 0.1) is 5.41 Å². The van der Waals surface area contributed by atoms with Crippen LogP contribution in [0.3, 0.4) is 0 Å². The van der Waals surface area contributed by atoms with Gasteiger partial charge in [0, 0.05) is 11.3 Å². The highest BCUT2D eigenvalue weighted by atomic mass is 16.5. The van der Waals surface area contributed by atoms with Gasteiger partial charge in [-0.25, -0.2) is 0 Å². The summed E-state index contributed by atoms with van der Waals surface area (Å²) in [6, 6.07) is 6.44. The SMILES string of the molecule is CCC1(C(=O)NC(=O)c2ccc(N)cc2)COC1. The Hall–Kier alpha value is -1.88. The van der Waals surface area contributed by atoms with Crippen LogP contribution in [0.5, 0.6) is 0 Å². The maximum atomic E-state index is 12.0. The van der Waals surface area contributed by atoms with Crippen LogP contribution in [0.25, 0.3) is 0 Å². The van der Waals surface area contributed by atoms with Crippen molar-refractivity contribution in [2.24, 2.45) is 5.41 Å². The number of hydrogen-bond acceptors (Lipinski definition) is 4. The standard InChI is InChI=1S/C13H16N2O3/c1-2-13(7-18-8-13)12(17)15-11(16)9-3-5-10(14)6-4-9/h3-6H,2,7-8,14H2,1H3,(H,15,16,17). The average molecular weight is 248 g/mol. The number of carbonyl (C=O) groups is 2. The minimum absolute atomic E-state index is 0.266. The van der Waals surface area contributed by atoms with E-state index in [9.17, 15) is 9.59 Å². The Morgan fingerprint density at radius 2 is 1.94 bits per heavy atom. The largest absolute Gasteiger partial charge is 0.399 e. The summed E-state index contributed by atoms with van der Waals surface area (Å²) in [5.74, 6) is -0.669. The van der Waals surface area contributed by atoms with E-state index in [1.165, 1.54) is 0 Å². The van der Waals surface area contributed by atoms with Crippen molar-refractivity contribution in [2.45, 2.75) is 13.3 Å². The van der Waals surface area contributed by atoms with Crippen LogP contribution in [0.15, 0.2) is 24.3 Å².